The van der Waals surface area contributed by atoms with Gasteiger partial charge in [-0.15, -0.1) is 0 Å². The van der Waals surface area contributed by atoms with Crippen molar-refractivity contribution in [1.29, 1.82) is 0 Å². The molecule has 0 aliphatic heterocycles. The molecule has 5 heteroatoms. The van der Waals surface area contributed by atoms with Gasteiger partial charge >= 0.3 is 0 Å². The molecule has 2 rings (SSSR count). The van der Waals surface area contributed by atoms with E-state index in [2.05, 4.69) is 45.5 Å². The molecule has 0 saturated heterocycles. The molecule has 1 heterocycles. The minimum atomic E-state index is -0.113. The molecular weight excluding hydrogens is 252 g/mol. The van der Waals surface area contributed by atoms with E-state index in [4.69, 9.17) is 0 Å². The molecule has 0 aliphatic carbocycles. The number of aromatic amines is 1. The van der Waals surface area contributed by atoms with Crippen LogP contribution in [0.1, 0.15) is 27.5 Å². The van der Waals surface area contributed by atoms with E-state index in [9.17, 15) is 4.79 Å². The number of carbonyl (C=O) groups is 1. The number of hydrogen-bond acceptors (Lipinski definition) is 3. The smallest absolute Gasteiger partial charge is 0.254 e. The number of aryl methyl sites for hydroxylation is 1. The molecule has 1 atom stereocenters. The summed E-state index contributed by atoms with van der Waals surface area (Å²) >= 11 is 0. The van der Waals surface area contributed by atoms with Crippen LogP contribution in [0.25, 0.3) is 0 Å². The molecule has 0 fully saturated rings. The van der Waals surface area contributed by atoms with Crippen molar-refractivity contribution in [2.24, 2.45) is 0 Å². The maximum Gasteiger partial charge on any atom is 0.254 e. The quantitative estimate of drug-likeness (QED) is 0.871. The van der Waals surface area contributed by atoms with Gasteiger partial charge in [-0.25, -0.2) is 0 Å². The van der Waals surface area contributed by atoms with Crippen molar-refractivity contribution in [2.75, 3.05) is 20.6 Å². The highest BCUT2D eigenvalue weighted by atomic mass is 16.1. The molecule has 0 saturated carbocycles. The first-order chi connectivity index (χ1) is 9.58. The topological polar surface area (TPSA) is 61.0 Å². The highest BCUT2D eigenvalue weighted by molar-refractivity contribution is 5.93. The van der Waals surface area contributed by atoms with Gasteiger partial charge in [0.05, 0.1) is 17.8 Å². The van der Waals surface area contributed by atoms with Gasteiger partial charge in [0, 0.05) is 12.7 Å². The second-order valence-electron chi connectivity index (χ2n) is 5.09. The molecule has 2 N–H and O–H groups in total. The van der Waals surface area contributed by atoms with Gasteiger partial charge in [-0.1, -0.05) is 29.8 Å². The normalized spacial score (nSPS) is 12.4. The first-order valence-electron chi connectivity index (χ1n) is 6.58. The predicted octanol–water partition coefficient (Wildman–Crippen LogP) is 1.75. The van der Waals surface area contributed by atoms with Gasteiger partial charge in [0.25, 0.3) is 5.91 Å². The van der Waals surface area contributed by atoms with E-state index < -0.39 is 0 Å². The van der Waals surface area contributed by atoms with E-state index in [-0.39, 0.29) is 11.9 Å². The number of nitrogens with zero attached hydrogens (tertiary/aromatic N) is 2. The highest BCUT2D eigenvalue weighted by Gasteiger charge is 2.16. The fourth-order valence-corrected chi connectivity index (χ4v) is 2.14. The summed E-state index contributed by atoms with van der Waals surface area (Å²) in [7, 11) is 4.02. The third-order valence-electron chi connectivity index (χ3n) is 3.27. The molecule has 106 valence electrons. The van der Waals surface area contributed by atoms with Crippen LogP contribution < -0.4 is 5.32 Å². The molecule has 20 heavy (non-hydrogen) atoms. The Hall–Kier alpha value is -2.14. The molecule has 1 aromatic carbocycles. The molecule has 0 radical (unpaired) electrons. The highest BCUT2D eigenvalue weighted by Crippen LogP contribution is 2.18. The lowest BCUT2D eigenvalue weighted by Gasteiger charge is -2.25. The van der Waals surface area contributed by atoms with Crippen LogP contribution in [0.5, 0.6) is 0 Å². The standard InChI is InChI=1S/C15H20N4O/c1-11-5-4-6-12(7-11)14(19(2)3)10-16-15(20)13-8-17-18-9-13/h4-9,14H,10H2,1-3H3,(H,16,20)(H,17,18)/t14-/m1/s1. The Morgan fingerprint density at radius 1 is 1.45 bits per heavy atom. The molecule has 1 aromatic heterocycles. The van der Waals surface area contributed by atoms with Crippen LogP contribution in [0.15, 0.2) is 36.7 Å². The molecule has 5 nitrogen and oxygen atoms in total. The van der Waals surface area contributed by atoms with E-state index in [1.807, 2.05) is 20.2 Å². The average molecular weight is 272 g/mol. The Morgan fingerprint density at radius 3 is 2.85 bits per heavy atom. The summed E-state index contributed by atoms with van der Waals surface area (Å²) in [5, 5.41) is 9.36. The van der Waals surface area contributed by atoms with Gasteiger partial charge in [-0.05, 0) is 26.6 Å². The van der Waals surface area contributed by atoms with Crippen LogP contribution in [0.4, 0.5) is 0 Å². The molecule has 2 aromatic rings. The summed E-state index contributed by atoms with van der Waals surface area (Å²) in [6.45, 7) is 2.63. The maximum absolute atomic E-state index is 11.9. The van der Waals surface area contributed by atoms with Crippen molar-refractivity contribution in [3.8, 4) is 0 Å². The van der Waals surface area contributed by atoms with Crippen LogP contribution in [0, 0.1) is 6.92 Å². The number of hydrogen-bond donors (Lipinski definition) is 2. The Morgan fingerprint density at radius 2 is 2.25 bits per heavy atom. The molecule has 0 aliphatic rings. The van der Waals surface area contributed by atoms with Crippen LogP contribution in [0.3, 0.4) is 0 Å². The number of benzene rings is 1. The number of likely N-dealkylation sites (N-methyl/N-ethyl adjacent to an activating group) is 1. The van der Waals surface area contributed by atoms with E-state index in [0.717, 1.165) is 0 Å². The van der Waals surface area contributed by atoms with Crippen molar-refractivity contribution in [3.63, 3.8) is 0 Å². The van der Waals surface area contributed by atoms with Gasteiger partial charge < -0.3 is 10.2 Å². The first kappa shape index (κ1) is 14.3. The number of rotatable bonds is 5. The van der Waals surface area contributed by atoms with Gasteiger partial charge in [0.1, 0.15) is 0 Å². The number of nitrogens with one attached hydrogen (secondary N) is 2. The van der Waals surface area contributed by atoms with Crippen molar-refractivity contribution >= 4 is 5.91 Å². The lowest BCUT2D eigenvalue weighted by atomic mass is 10.0. The van der Waals surface area contributed by atoms with Gasteiger partial charge in [-0.3, -0.25) is 9.89 Å². The first-order valence-corrected chi connectivity index (χ1v) is 6.58. The third kappa shape index (κ3) is 3.45. The number of amides is 1. The number of H-pyrrole nitrogens is 1. The second kappa shape index (κ2) is 6.34. The van der Waals surface area contributed by atoms with Crippen LogP contribution >= 0.6 is 0 Å². The molecule has 0 unspecified atom stereocenters. The van der Waals surface area contributed by atoms with Crippen molar-refractivity contribution < 1.29 is 4.79 Å². The van der Waals surface area contributed by atoms with Gasteiger partial charge in [0.2, 0.25) is 0 Å². The van der Waals surface area contributed by atoms with E-state index >= 15 is 0 Å². The number of aromatic nitrogens is 2. The fraction of sp³-hybridized carbons (Fsp3) is 0.333. The third-order valence-corrected chi connectivity index (χ3v) is 3.27. The summed E-state index contributed by atoms with van der Waals surface area (Å²) in [6, 6.07) is 8.49. The number of carbonyl (C=O) groups excluding carboxylic acids is 1. The summed E-state index contributed by atoms with van der Waals surface area (Å²) in [5.74, 6) is -0.113. The fourth-order valence-electron chi connectivity index (χ4n) is 2.14. The predicted molar refractivity (Wildman–Crippen MR) is 78.5 cm³/mol. The van der Waals surface area contributed by atoms with Gasteiger partial charge in [-0.2, -0.15) is 5.10 Å². The van der Waals surface area contributed by atoms with Crippen molar-refractivity contribution in [3.05, 3.63) is 53.3 Å². The van der Waals surface area contributed by atoms with E-state index in [1.165, 1.54) is 17.3 Å². The maximum atomic E-state index is 11.9. The zero-order valence-electron chi connectivity index (χ0n) is 12.1. The van der Waals surface area contributed by atoms with Crippen molar-refractivity contribution in [1.82, 2.24) is 20.4 Å². The van der Waals surface area contributed by atoms with Crippen LogP contribution in [0.2, 0.25) is 0 Å². The molecule has 0 bridgehead atoms. The second-order valence-corrected chi connectivity index (χ2v) is 5.09. The van der Waals surface area contributed by atoms with Crippen LogP contribution in [-0.4, -0.2) is 41.6 Å². The average Bonchev–Trinajstić information content (AvgIpc) is 2.92. The summed E-state index contributed by atoms with van der Waals surface area (Å²) < 4.78 is 0. The SMILES string of the molecule is Cc1cccc([C@@H](CNC(=O)c2cn[nH]c2)N(C)C)c1. The molecular formula is C15H20N4O. The van der Waals surface area contributed by atoms with E-state index in [1.54, 1.807) is 6.20 Å². The Balaban J connectivity index is 2.05. The lowest BCUT2D eigenvalue weighted by Crippen LogP contribution is -2.34. The Kier molecular flexibility index (Phi) is 4.53. The summed E-state index contributed by atoms with van der Waals surface area (Å²) in [5.41, 5.74) is 2.96. The lowest BCUT2D eigenvalue weighted by molar-refractivity contribution is 0.0942. The van der Waals surface area contributed by atoms with Crippen molar-refractivity contribution in [2.45, 2.75) is 13.0 Å². The minimum Gasteiger partial charge on any atom is -0.350 e. The summed E-state index contributed by atoms with van der Waals surface area (Å²) in [4.78, 5) is 14.0. The monoisotopic (exact) mass is 272 g/mol. The largest absolute Gasteiger partial charge is 0.350 e. The Labute approximate surface area is 119 Å². The summed E-state index contributed by atoms with van der Waals surface area (Å²) in [6.07, 6.45) is 3.11. The van der Waals surface area contributed by atoms with E-state index in [0.29, 0.717) is 12.1 Å². The van der Waals surface area contributed by atoms with Crippen LogP contribution in [-0.2, 0) is 0 Å². The molecule has 0 spiro atoms. The minimum absolute atomic E-state index is 0.113. The zero-order valence-corrected chi connectivity index (χ0v) is 12.1. The Bertz CT molecular complexity index is 563. The zero-order chi connectivity index (χ0) is 14.5. The van der Waals surface area contributed by atoms with Gasteiger partial charge in [0.15, 0.2) is 0 Å². The molecule has 1 amide bonds.